The molecule has 1 aliphatic heterocycles. The van der Waals surface area contributed by atoms with Crippen LogP contribution in [0.3, 0.4) is 0 Å². The predicted octanol–water partition coefficient (Wildman–Crippen LogP) is 2.83. The van der Waals surface area contributed by atoms with Crippen LogP contribution in [-0.4, -0.2) is 38.2 Å². The first-order chi connectivity index (χ1) is 9.43. The molecule has 20 heavy (non-hydrogen) atoms. The summed E-state index contributed by atoms with van der Waals surface area (Å²) in [6.45, 7) is 10.7. The van der Waals surface area contributed by atoms with Crippen LogP contribution in [0.15, 0.2) is 18.2 Å². The Balaban J connectivity index is 2.35. The number of piperazine rings is 1. The first-order valence-corrected chi connectivity index (χ1v) is 7.21. The normalized spacial score (nSPS) is 18.9. The van der Waals surface area contributed by atoms with Crippen molar-refractivity contribution in [2.45, 2.75) is 26.8 Å². The first kappa shape index (κ1) is 15.3. The lowest BCUT2D eigenvalue weighted by Crippen LogP contribution is -2.48. The van der Waals surface area contributed by atoms with E-state index in [1.165, 1.54) is 13.2 Å². The van der Waals surface area contributed by atoms with Crippen LogP contribution in [0.1, 0.15) is 32.4 Å². The minimum Gasteiger partial charge on any atom is -0.494 e. The van der Waals surface area contributed by atoms with E-state index in [-0.39, 0.29) is 17.3 Å². The summed E-state index contributed by atoms with van der Waals surface area (Å²) in [6, 6.07) is 5.50. The summed E-state index contributed by atoms with van der Waals surface area (Å²) in [7, 11) is 1.51. The number of rotatable bonds is 3. The van der Waals surface area contributed by atoms with Crippen LogP contribution in [0.25, 0.3) is 0 Å². The maximum absolute atomic E-state index is 13.6. The highest BCUT2D eigenvalue weighted by Gasteiger charge is 2.32. The molecule has 112 valence electrons. The van der Waals surface area contributed by atoms with Crippen molar-refractivity contribution in [3.8, 4) is 5.75 Å². The summed E-state index contributed by atoms with van der Waals surface area (Å²) in [4.78, 5) is 2.48. The van der Waals surface area contributed by atoms with Gasteiger partial charge in [0.05, 0.1) is 7.11 Å². The third-order valence-corrected chi connectivity index (χ3v) is 3.83. The molecule has 1 atom stereocenters. The molecule has 0 aliphatic carbocycles. The third kappa shape index (κ3) is 3.30. The van der Waals surface area contributed by atoms with E-state index < -0.39 is 0 Å². The van der Waals surface area contributed by atoms with Gasteiger partial charge in [-0.3, -0.25) is 4.90 Å². The molecule has 0 amide bonds. The van der Waals surface area contributed by atoms with E-state index in [2.05, 4.69) is 31.0 Å². The van der Waals surface area contributed by atoms with Gasteiger partial charge in [0.25, 0.3) is 0 Å². The van der Waals surface area contributed by atoms with Crippen molar-refractivity contribution < 1.29 is 9.13 Å². The number of nitrogens with one attached hydrogen (secondary N) is 1. The maximum Gasteiger partial charge on any atom is 0.165 e. The molecule has 0 bridgehead atoms. The molecule has 0 spiro atoms. The van der Waals surface area contributed by atoms with Crippen LogP contribution in [-0.2, 0) is 0 Å². The van der Waals surface area contributed by atoms with Gasteiger partial charge in [-0.2, -0.15) is 0 Å². The third-order valence-electron chi connectivity index (χ3n) is 3.83. The molecule has 0 radical (unpaired) electrons. The molecule has 1 aromatic carbocycles. The molecular formula is C16H25FN2O. The van der Waals surface area contributed by atoms with Crippen molar-refractivity contribution in [3.63, 3.8) is 0 Å². The van der Waals surface area contributed by atoms with Crippen LogP contribution in [0, 0.1) is 11.2 Å². The molecule has 0 unspecified atom stereocenters. The molecule has 3 nitrogen and oxygen atoms in total. The summed E-state index contributed by atoms with van der Waals surface area (Å²) in [5.41, 5.74) is 1.21. The zero-order valence-electron chi connectivity index (χ0n) is 12.9. The Morgan fingerprint density at radius 2 is 1.90 bits per heavy atom. The Hall–Kier alpha value is -1.13. The predicted molar refractivity (Wildman–Crippen MR) is 79.6 cm³/mol. The van der Waals surface area contributed by atoms with Gasteiger partial charge in [0.15, 0.2) is 11.6 Å². The summed E-state index contributed by atoms with van der Waals surface area (Å²) < 4.78 is 18.8. The van der Waals surface area contributed by atoms with Gasteiger partial charge >= 0.3 is 0 Å². The highest BCUT2D eigenvalue weighted by Crippen LogP contribution is 2.39. The maximum atomic E-state index is 13.6. The molecular weight excluding hydrogens is 255 g/mol. The topological polar surface area (TPSA) is 24.5 Å². The quantitative estimate of drug-likeness (QED) is 0.921. The molecule has 2 rings (SSSR count). The largest absolute Gasteiger partial charge is 0.494 e. The molecule has 1 N–H and O–H groups in total. The van der Waals surface area contributed by atoms with Crippen molar-refractivity contribution in [1.29, 1.82) is 0 Å². The highest BCUT2D eigenvalue weighted by atomic mass is 19.1. The summed E-state index contributed by atoms with van der Waals surface area (Å²) in [5.74, 6) is 0.0242. The van der Waals surface area contributed by atoms with Gasteiger partial charge in [-0.1, -0.05) is 26.8 Å². The average molecular weight is 280 g/mol. The fourth-order valence-corrected chi connectivity index (χ4v) is 3.05. The molecule has 4 heteroatoms. The van der Waals surface area contributed by atoms with E-state index in [4.69, 9.17) is 4.74 Å². The van der Waals surface area contributed by atoms with E-state index in [0.717, 1.165) is 31.7 Å². The second kappa shape index (κ2) is 6.10. The lowest BCUT2D eigenvalue weighted by Gasteiger charge is -2.42. The highest BCUT2D eigenvalue weighted by molar-refractivity contribution is 5.33. The minimum absolute atomic E-state index is 0.0835. The minimum atomic E-state index is -0.302. The number of methoxy groups -OCH3 is 1. The zero-order valence-corrected chi connectivity index (χ0v) is 12.9. The van der Waals surface area contributed by atoms with Gasteiger partial charge in [-0.05, 0) is 23.1 Å². The Kier molecular flexibility index (Phi) is 4.66. The van der Waals surface area contributed by atoms with Crippen molar-refractivity contribution in [3.05, 3.63) is 29.6 Å². The number of hydrogen-bond donors (Lipinski definition) is 1. The molecule has 0 aromatic heterocycles. The van der Waals surface area contributed by atoms with Crippen molar-refractivity contribution in [2.75, 3.05) is 33.3 Å². The number of ether oxygens (including phenoxy) is 1. The van der Waals surface area contributed by atoms with Gasteiger partial charge in [0, 0.05) is 32.2 Å². The van der Waals surface area contributed by atoms with Crippen molar-refractivity contribution >= 4 is 0 Å². The summed E-state index contributed by atoms with van der Waals surface area (Å²) >= 11 is 0. The standard InChI is InChI=1S/C16H25FN2O/c1-16(2,3)15(19-9-7-18-8-10-19)12-5-6-13(17)14(11-12)20-4/h5-6,11,15,18H,7-10H2,1-4H3/t15-/m1/s1. The van der Waals surface area contributed by atoms with Crippen LogP contribution < -0.4 is 10.1 Å². The van der Waals surface area contributed by atoms with Crippen LogP contribution in [0.4, 0.5) is 4.39 Å². The van der Waals surface area contributed by atoms with Crippen molar-refractivity contribution in [1.82, 2.24) is 10.2 Å². The van der Waals surface area contributed by atoms with Crippen LogP contribution in [0.5, 0.6) is 5.75 Å². The number of nitrogens with zero attached hydrogens (tertiary/aromatic N) is 1. The lowest BCUT2D eigenvalue weighted by molar-refractivity contribution is 0.0860. The number of benzene rings is 1. The molecule has 1 aromatic rings. The van der Waals surface area contributed by atoms with E-state index in [0.29, 0.717) is 5.75 Å². The van der Waals surface area contributed by atoms with Gasteiger partial charge in [0.1, 0.15) is 0 Å². The molecule has 1 heterocycles. The van der Waals surface area contributed by atoms with Crippen LogP contribution >= 0.6 is 0 Å². The molecule has 1 aliphatic rings. The summed E-state index contributed by atoms with van der Waals surface area (Å²) in [6.07, 6.45) is 0. The Morgan fingerprint density at radius 3 is 2.45 bits per heavy atom. The Morgan fingerprint density at radius 1 is 1.25 bits per heavy atom. The fraction of sp³-hybridized carbons (Fsp3) is 0.625. The second-order valence-electron chi connectivity index (χ2n) is 6.45. The first-order valence-electron chi connectivity index (χ1n) is 7.21. The van der Waals surface area contributed by atoms with Crippen LogP contribution in [0.2, 0.25) is 0 Å². The fourth-order valence-electron chi connectivity index (χ4n) is 3.05. The second-order valence-corrected chi connectivity index (χ2v) is 6.45. The summed E-state index contributed by atoms with van der Waals surface area (Å²) in [5, 5.41) is 3.38. The SMILES string of the molecule is COc1cc([C@@H](N2CCNCC2)C(C)(C)C)ccc1F. The van der Waals surface area contributed by atoms with E-state index in [1.807, 2.05) is 12.1 Å². The van der Waals surface area contributed by atoms with E-state index >= 15 is 0 Å². The number of hydrogen-bond acceptors (Lipinski definition) is 3. The van der Waals surface area contributed by atoms with Crippen molar-refractivity contribution in [2.24, 2.45) is 5.41 Å². The Labute approximate surface area is 121 Å². The lowest BCUT2D eigenvalue weighted by atomic mass is 9.81. The van der Waals surface area contributed by atoms with E-state index in [9.17, 15) is 4.39 Å². The van der Waals surface area contributed by atoms with E-state index in [1.54, 1.807) is 0 Å². The molecule has 1 saturated heterocycles. The van der Waals surface area contributed by atoms with Gasteiger partial charge in [0.2, 0.25) is 0 Å². The smallest absolute Gasteiger partial charge is 0.165 e. The monoisotopic (exact) mass is 280 g/mol. The van der Waals surface area contributed by atoms with Gasteiger partial charge in [-0.25, -0.2) is 4.39 Å². The van der Waals surface area contributed by atoms with Gasteiger partial charge < -0.3 is 10.1 Å². The number of halogens is 1. The van der Waals surface area contributed by atoms with Gasteiger partial charge in [-0.15, -0.1) is 0 Å². The molecule has 1 fully saturated rings. The Bertz CT molecular complexity index is 450. The average Bonchev–Trinajstić information content (AvgIpc) is 2.40. The zero-order chi connectivity index (χ0) is 14.8. The molecule has 0 saturated carbocycles.